The summed E-state index contributed by atoms with van der Waals surface area (Å²) in [5.41, 5.74) is 0.679. The topological polar surface area (TPSA) is 49.4 Å². The Labute approximate surface area is 62.9 Å². The molecule has 0 radical (unpaired) electrons. The van der Waals surface area contributed by atoms with Crippen molar-refractivity contribution >= 4 is 37.2 Å². The second-order valence-corrected chi connectivity index (χ2v) is 2.54. The van der Waals surface area contributed by atoms with E-state index in [9.17, 15) is 0 Å². The number of aliphatic imine (C=N–C) groups is 4. The van der Waals surface area contributed by atoms with Gasteiger partial charge in [-0.3, -0.25) is 0 Å². The van der Waals surface area contributed by atoms with Crippen molar-refractivity contribution in [1.29, 1.82) is 0 Å². The van der Waals surface area contributed by atoms with Crippen LogP contribution >= 0.6 is 12.6 Å². The molecule has 1 atom stereocenters. The Bertz CT molecular complexity index is 277. The quantitative estimate of drug-likeness (QED) is 0.481. The molecular formula is C5H4N4S. The molecular weight excluding hydrogens is 148 g/mol. The Morgan fingerprint density at radius 3 is 2.90 bits per heavy atom. The largest absolute Gasteiger partial charge is 0.243 e. The molecule has 2 rings (SSSR count). The normalized spacial score (nSPS) is 34.3. The number of hydrogen-bond acceptors (Lipinski definition) is 5. The number of thiol groups is 1. The molecule has 0 aromatic carbocycles. The first-order chi connectivity index (χ1) is 4.81. The lowest BCUT2D eigenvalue weighted by Crippen LogP contribution is -2.28. The van der Waals surface area contributed by atoms with Crippen LogP contribution in [0.1, 0.15) is 0 Å². The minimum Gasteiger partial charge on any atom is -0.243 e. The highest BCUT2D eigenvalue weighted by Gasteiger charge is 2.32. The van der Waals surface area contributed by atoms with Gasteiger partial charge in [0.15, 0.2) is 0 Å². The molecule has 0 aromatic rings. The smallest absolute Gasteiger partial charge is 0.242 e. The van der Waals surface area contributed by atoms with Crippen LogP contribution in [0.4, 0.5) is 0 Å². The summed E-state index contributed by atoms with van der Waals surface area (Å²) in [5.74, 6) is 0. The molecule has 1 unspecified atom stereocenters. The van der Waals surface area contributed by atoms with Gasteiger partial charge in [0, 0.05) is 0 Å². The van der Waals surface area contributed by atoms with Crippen molar-refractivity contribution < 1.29 is 0 Å². The van der Waals surface area contributed by atoms with Gasteiger partial charge in [-0.25, -0.2) is 20.0 Å². The van der Waals surface area contributed by atoms with E-state index in [1.165, 1.54) is 12.7 Å². The summed E-state index contributed by atoms with van der Waals surface area (Å²) < 4.78 is 0. The van der Waals surface area contributed by atoms with Crippen molar-refractivity contribution in [2.24, 2.45) is 20.0 Å². The van der Waals surface area contributed by atoms with Crippen LogP contribution in [0.15, 0.2) is 20.0 Å². The van der Waals surface area contributed by atoms with Crippen molar-refractivity contribution in [2.45, 2.75) is 4.99 Å². The van der Waals surface area contributed by atoms with E-state index in [0.717, 1.165) is 0 Å². The van der Waals surface area contributed by atoms with Gasteiger partial charge in [0.05, 0.1) is 6.21 Å². The number of rotatable bonds is 0. The molecule has 0 saturated carbocycles. The van der Waals surface area contributed by atoms with E-state index in [0.29, 0.717) is 5.71 Å². The Hall–Kier alpha value is -0.970. The fourth-order valence-corrected chi connectivity index (χ4v) is 0.980. The third-order valence-electron chi connectivity index (χ3n) is 1.28. The first kappa shape index (κ1) is 5.79. The van der Waals surface area contributed by atoms with Crippen LogP contribution in [0, 0.1) is 0 Å². The molecule has 10 heavy (non-hydrogen) atoms. The van der Waals surface area contributed by atoms with Crippen LogP contribution in [-0.2, 0) is 0 Å². The fourth-order valence-electron chi connectivity index (χ4n) is 0.761. The minimum atomic E-state index is -0.776. The first-order valence-electron chi connectivity index (χ1n) is 2.72. The lowest BCUT2D eigenvalue weighted by molar-refractivity contribution is 0.888. The zero-order chi connectivity index (χ0) is 7.03. The Kier molecular flexibility index (Phi) is 1.02. The molecule has 4 nitrogen and oxygen atoms in total. The van der Waals surface area contributed by atoms with Gasteiger partial charge >= 0.3 is 0 Å². The third-order valence-corrected chi connectivity index (χ3v) is 1.74. The lowest BCUT2D eigenvalue weighted by Gasteiger charge is -2.15. The molecule has 0 N–H and O–H groups in total. The van der Waals surface area contributed by atoms with Gasteiger partial charge in [0.25, 0.3) is 0 Å². The molecule has 0 aromatic heterocycles. The molecule has 0 bridgehead atoms. The van der Waals surface area contributed by atoms with Crippen molar-refractivity contribution in [3.05, 3.63) is 0 Å². The van der Waals surface area contributed by atoms with Gasteiger partial charge in [0.1, 0.15) is 18.4 Å². The first-order valence-corrected chi connectivity index (χ1v) is 3.17. The SMILES string of the molecule is SC12N=CN=CC1=NC=N2. The van der Waals surface area contributed by atoms with Crippen molar-refractivity contribution in [1.82, 2.24) is 0 Å². The summed E-state index contributed by atoms with van der Waals surface area (Å²) in [6.07, 6.45) is 4.47. The van der Waals surface area contributed by atoms with E-state index in [-0.39, 0.29) is 0 Å². The van der Waals surface area contributed by atoms with E-state index < -0.39 is 4.99 Å². The van der Waals surface area contributed by atoms with Gasteiger partial charge in [-0.2, -0.15) is 0 Å². The monoisotopic (exact) mass is 152 g/mol. The predicted octanol–water partition coefficient (Wildman–Crippen LogP) is 0.166. The number of fused-ring (bicyclic) bond motifs is 1. The van der Waals surface area contributed by atoms with Crippen LogP contribution in [0.2, 0.25) is 0 Å². The maximum absolute atomic E-state index is 4.19. The highest BCUT2D eigenvalue weighted by atomic mass is 32.1. The molecule has 0 spiro atoms. The van der Waals surface area contributed by atoms with Crippen LogP contribution in [0.25, 0.3) is 0 Å². The van der Waals surface area contributed by atoms with Gasteiger partial charge in [-0.1, -0.05) is 0 Å². The second kappa shape index (κ2) is 1.76. The van der Waals surface area contributed by atoms with Gasteiger partial charge in [0.2, 0.25) is 4.99 Å². The minimum absolute atomic E-state index is 0.679. The van der Waals surface area contributed by atoms with Crippen molar-refractivity contribution in [3.8, 4) is 0 Å². The fraction of sp³-hybridized carbons (Fsp3) is 0.200. The zero-order valence-electron chi connectivity index (χ0n) is 4.97. The van der Waals surface area contributed by atoms with Gasteiger partial charge < -0.3 is 0 Å². The standard InChI is InChI=1S/C5H4N4S/c10-5-4(7-3-9-5)1-6-2-8-5/h1-3,10H. The molecule has 2 heterocycles. The molecule has 50 valence electrons. The number of nitrogens with zero attached hydrogens (tertiary/aromatic N) is 4. The van der Waals surface area contributed by atoms with Crippen molar-refractivity contribution in [3.63, 3.8) is 0 Å². The molecule has 2 aliphatic heterocycles. The average molecular weight is 152 g/mol. The van der Waals surface area contributed by atoms with Crippen LogP contribution in [0.5, 0.6) is 0 Å². The molecule has 5 heteroatoms. The molecule has 0 fully saturated rings. The van der Waals surface area contributed by atoms with Gasteiger partial charge in [-0.05, 0) is 0 Å². The average Bonchev–Trinajstić information content (AvgIpc) is 2.29. The Morgan fingerprint density at radius 1 is 1.30 bits per heavy atom. The predicted molar refractivity (Wildman–Crippen MR) is 44.6 cm³/mol. The highest BCUT2D eigenvalue weighted by Crippen LogP contribution is 2.24. The van der Waals surface area contributed by atoms with Crippen LogP contribution in [-0.4, -0.2) is 29.6 Å². The summed E-state index contributed by atoms with van der Waals surface area (Å²) in [6, 6.07) is 0. The summed E-state index contributed by atoms with van der Waals surface area (Å²) in [7, 11) is 0. The van der Waals surface area contributed by atoms with Gasteiger partial charge in [-0.15, -0.1) is 12.6 Å². The van der Waals surface area contributed by atoms with Crippen molar-refractivity contribution in [2.75, 3.05) is 0 Å². The molecule has 0 saturated heterocycles. The van der Waals surface area contributed by atoms with E-state index in [1.807, 2.05) is 0 Å². The summed E-state index contributed by atoms with van der Waals surface area (Å²) >= 11 is 4.19. The molecule has 2 aliphatic rings. The summed E-state index contributed by atoms with van der Waals surface area (Å²) in [5, 5.41) is 0. The molecule has 0 aliphatic carbocycles. The van der Waals surface area contributed by atoms with Crippen LogP contribution < -0.4 is 0 Å². The zero-order valence-corrected chi connectivity index (χ0v) is 5.86. The summed E-state index contributed by atoms with van der Waals surface area (Å²) in [6.45, 7) is 0. The lowest BCUT2D eigenvalue weighted by atomic mass is 10.3. The van der Waals surface area contributed by atoms with E-state index in [2.05, 4.69) is 32.6 Å². The maximum atomic E-state index is 4.19. The van der Waals surface area contributed by atoms with E-state index in [4.69, 9.17) is 0 Å². The highest BCUT2D eigenvalue weighted by molar-refractivity contribution is 7.83. The van der Waals surface area contributed by atoms with E-state index in [1.54, 1.807) is 6.21 Å². The summed E-state index contributed by atoms with van der Waals surface area (Å²) in [4.78, 5) is 14.8. The Balaban J connectivity index is 2.51. The second-order valence-electron chi connectivity index (χ2n) is 1.92. The third kappa shape index (κ3) is 0.637. The Morgan fingerprint density at radius 2 is 2.10 bits per heavy atom. The van der Waals surface area contributed by atoms with E-state index >= 15 is 0 Å². The molecule has 0 amide bonds. The number of hydrogen-bond donors (Lipinski definition) is 1. The maximum Gasteiger partial charge on any atom is 0.242 e. The van der Waals surface area contributed by atoms with Crippen LogP contribution in [0.3, 0.4) is 0 Å².